The number of carbonyl (C=O) groups is 4. The molecule has 0 fully saturated rings. The molecule has 0 aromatic heterocycles. The highest BCUT2D eigenvalue weighted by molar-refractivity contribution is 7.80. The van der Waals surface area contributed by atoms with Gasteiger partial charge in [-0.15, -0.1) is 0 Å². The molecule has 307 valence electrons. The molecule has 0 N–H and O–H groups in total. The molecule has 0 spiro atoms. The van der Waals surface area contributed by atoms with Gasteiger partial charge in [0.25, 0.3) is 0 Å². The molecule has 0 saturated heterocycles. The monoisotopic (exact) mass is 766 g/mol. The lowest BCUT2D eigenvalue weighted by Gasteiger charge is -2.14. The first-order valence-corrected chi connectivity index (χ1v) is 20.6. The van der Waals surface area contributed by atoms with Crippen molar-refractivity contribution >= 4 is 36.5 Å². The molecule has 0 amide bonds. The number of esters is 4. The predicted molar refractivity (Wildman–Crippen MR) is 225 cm³/mol. The van der Waals surface area contributed by atoms with Crippen LogP contribution >= 0.6 is 12.6 Å². The van der Waals surface area contributed by atoms with E-state index in [1.807, 2.05) is 43.4 Å². The fourth-order valence-electron chi connectivity index (χ4n) is 4.12. The van der Waals surface area contributed by atoms with Gasteiger partial charge in [-0.2, -0.15) is 12.6 Å². The second kappa shape index (κ2) is 47.0. The zero-order valence-corrected chi connectivity index (χ0v) is 35.9. The molecule has 1 rings (SSSR count). The van der Waals surface area contributed by atoms with Crippen molar-refractivity contribution < 1.29 is 38.1 Å². The standard InChI is InChI=1S/C15H22O2.C11H22O2S.2C8H14O2.C2H5/c1-3-5-9-13(4-2)12-17-15(16)14-10-7-6-8-11-14;1-3-5-6-10(4-2)9-13-11(12)7-8-14;2*1-3-5-6-7-8(9)10-4-2;1-2/h6-8,10-11,13H,3-5,9,12H2,1-2H3;10,14H,3-9H2,1-2H3;6-7H,3-5H2,1-2H3;5-6H,3-4,7H2,1-2H3;1H2,2H3. The van der Waals surface area contributed by atoms with Crippen molar-refractivity contribution in [2.45, 2.75) is 146 Å². The molecule has 2 unspecified atom stereocenters. The lowest BCUT2D eigenvalue weighted by Crippen LogP contribution is -2.13. The van der Waals surface area contributed by atoms with Crippen molar-refractivity contribution in [1.29, 1.82) is 0 Å². The van der Waals surface area contributed by atoms with E-state index < -0.39 is 0 Å². The van der Waals surface area contributed by atoms with E-state index in [-0.39, 0.29) is 23.9 Å². The van der Waals surface area contributed by atoms with Crippen LogP contribution in [0.15, 0.2) is 54.6 Å². The van der Waals surface area contributed by atoms with Gasteiger partial charge in [0.1, 0.15) is 0 Å². The van der Waals surface area contributed by atoms with Crippen LogP contribution in [0.4, 0.5) is 0 Å². The third-order valence-electron chi connectivity index (χ3n) is 7.33. The largest absolute Gasteiger partial charge is 0.466 e. The highest BCUT2D eigenvalue weighted by atomic mass is 32.1. The number of unbranched alkanes of at least 4 members (excludes halogenated alkanes) is 3. The maximum Gasteiger partial charge on any atom is 0.338 e. The molecule has 0 heterocycles. The van der Waals surface area contributed by atoms with Gasteiger partial charge < -0.3 is 18.9 Å². The Morgan fingerprint density at radius 1 is 0.679 bits per heavy atom. The first-order valence-electron chi connectivity index (χ1n) is 20.0. The summed E-state index contributed by atoms with van der Waals surface area (Å²) in [7, 11) is 0. The quantitative estimate of drug-likeness (QED) is 0.0386. The van der Waals surface area contributed by atoms with E-state index in [9.17, 15) is 19.2 Å². The Hall–Kier alpha value is -3.07. The van der Waals surface area contributed by atoms with Crippen LogP contribution in [0, 0.1) is 18.8 Å². The summed E-state index contributed by atoms with van der Waals surface area (Å²) in [5.41, 5.74) is 0.637. The van der Waals surface area contributed by atoms with Crippen LogP contribution in [0.5, 0.6) is 0 Å². The van der Waals surface area contributed by atoms with Crippen molar-refractivity contribution in [2.24, 2.45) is 11.8 Å². The lowest BCUT2D eigenvalue weighted by atomic mass is 10.0. The molecular formula is C44H77O8S. The highest BCUT2D eigenvalue weighted by Crippen LogP contribution is 2.14. The molecule has 1 aromatic carbocycles. The van der Waals surface area contributed by atoms with Crippen LogP contribution in [0.25, 0.3) is 0 Å². The Labute approximate surface area is 330 Å². The molecule has 0 saturated carbocycles. The average Bonchev–Trinajstić information content (AvgIpc) is 3.17. The second-order valence-corrected chi connectivity index (χ2v) is 12.2. The van der Waals surface area contributed by atoms with Crippen molar-refractivity contribution in [3.8, 4) is 0 Å². The van der Waals surface area contributed by atoms with Crippen LogP contribution in [0.3, 0.4) is 0 Å². The SMILES string of the molecule is CCC=CCC(=O)OCC.CCCC=CC(=O)OCC.CCCCC(CC)COC(=O)CCS.CCCCC(CC)COC(=O)c1ccccc1.[CH2]C. The van der Waals surface area contributed by atoms with Crippen LogP contribution in [-0.4, -0.2) is 56.1 Å². The minimum atomic E-state index is -0.240. The first kappa shape index (κ1) is 56.7. The number of hydrogen-bond donors (Lipinski definition) is 1. The molecule has 0 bridgehead atoms. The van der Waals surface area contributed by atoms with Crippen molar-refractivity contribution in [1.82, 2.24) is 0 Å². The zero-order chi connectivity index (χ0) is 41.0. The number of ether oxygens (including phenoxy) is 4. The summed E-state index contributed by atoms with van der Waals surface area (Å²) >= 11 is 3.98. The van der Waals surface area contributed by atoms with Crippen LogP contribution in [0.1, 0.15) is 156 Å². The Morgan fingerprint density at radius 3 is 1.68 bits per heavy atom. The molecule has 0 aliphatic rings. The zero-order valence-electron chi connectivity index (χ0n) is 35.0. The van der Waals surface area contributed by atoms with E-state index in [0.717, 1.165) is 38.5 Å². The number of hydrogen-bond acceptors (Lipinski definition) is 9. The van der Waals surface area contributed by atoms with Crippen molar-refractivity contribution in [3.05, 3.63) is 67.1 Å². The van der Waals surface area contributed by atoms with E-state index in [1.165, 1.54) is 38.2 Å². The van der Waals surface area contributed by atoms with Gasteiger partial charge in [0.2, 0.25) is 0 Å². The number of benzene rings is 1. The molecule has 0 aliphatic carbocycles. The van der Waals surface area contributed by atoms with E-state index in [4.69, 9.17) is 14.2 Å². The van der Waals surface area contributed by atoms with Crippen LogP contribution < -0.4 is 0 Å². The van der Waals surface area contributed by atoms with Gasteiger partial charge in [0, 0.05) is 11.8 Å². The number of thiol groups is 1. The number of carbonyl (C=O) groups excluding carboxylic acids is 4. The van der Waals surface area contributed by atoms with Gasteiger partial charge in [-0.1, -0.05) is 137 Å². The number of rotatable bonds is 23. The molecule has 1 radical (unpaired) electrons. The molecule has 2 atom stereocenters. The van der Waals surface area contributed by atoms with Gasteiger partial charge in [-0.3, -0.25) is 9.59 Å². The highest BCUT2D eigenvalue weighted by Gasteiger charge is 2.11. The van der Waals surface area contributed by atoms with Crippen LogP contribution in [0.2, 0.25) is 0 Å². The summed E-state index contributed by atoms with van der Waals surface area (Å²) in [5.74, 6) is 0.907. The molecule has 8 nitrogen and oxygen atoms in total. The lowest BCUT2D eigenvalue weighted by molar-refractivity contribution is -0.145. The molecule has 9 heteroatoms. The number of allylic oxidation sites excluding steroid dienone is 2. The first-order chi connectivity index (χ1) is 25.6. The van der Waals surface area contributed by atoms with E-state index in [1.54, 1.807) is 32.9 Å². The summed E-state index contributed by atoms with van der Waals surface area (Å²) in [4.78, 5) is 44.0. The van der Waals surface area contributed by atoms with Crippen LogP contribution in [-0.2, 0) is 33.3 Å². The summed E-state index contributed by atoms with van der Waals surface area (Å²) < 4.78 is 19.8. The van der Waals surface area contributed by atoms with Crippen molar-refractivity contribution in [2.75, 3.05) is 32.2 Å². The summed E-state index contributed by atoms with van der Waals surface area (Å²) in [6.45, 7) is 23.4. The van der Waals surface area contributed by atoms with Gasteiger partial charge in [0.05, 0.1) is 44.8 Å². The summed E-state index contributed by atoms with van der Waals surface area (Å²) in [5, 5.41) is 0. The normalized spacial score (nSPS) is 11.2. The molecule has 0 aliphatic heterocycles. The van der Waals surface area contributed by atoms with E-state index >= 15 is 0 Å². The average molecular weight is 766 g/mol. The Morgan fingerprint density at radius 2 is 1.23 bits per heavy atom. The topological polar surface area (TPSA) is 105 Å². The molecule has 1 aromatic rings. The van der Waals surface area contributed by atoms with Gasteiger partial charge >= 0.3 is 23.9 Å². The van der Waals surface area contributed by atoms with E-state index in [0.29, 0.717) is 62.4 Å². The fraction of sp³-hybridized carbons (Fsp3) is 0.659. The third kappa shape index (κ3) is 43.2. The molecular weight excluding hydrogens is 689 g/mol. The van der Waals surface area contributed by atoms with Gasteiger partial charge in [0.15, 0.2) is 0 Å². The Balaban J connectivity index is -0.000000305. The Kier molecular flexibility index (Phi) is 50.2. The smallest absolute Gasteiger partial charge is 0.338 e. The maximum atomic E-state index is 11.7. The van der Waals surface area contributed by atoms with Gasteiger partial charge in [-0.05, 0) is 63.5 Å². The van der Waals surface area contributed by atoms with Crippen molar-refractivity contribution in [3.63, 3.8) is 0 Å². The predicted octanol–water partition coefficient (Wildman–Crippen LogP) is 11.8. The fourth-order valence-corrected chi connectivity index (χ4v) is 4.31. The minimum absolute atomic E-state index is 0.116. The Bertz CT molecular complexity index is 1010. The summed E-state index contributed by atoms with van der Waals surface area (Å²) in [6.07, 6.45) is 20.2. The minimum Gasteiger partial charge on any atom is -0.466 e. The third-order valence-corrected chi connectivity index (χ3v) is 7.55. The van der Waals surface area contributed by atoms with E-state index in [2.05, 4.69) is 58.9 Å². The second-order valence-electron chi connectivity index (χ2n) is 11.8. The molecule has 53 heavy (non-hydrogen) atoms. The van der Waals surface area contributed by atoms with Gasteiger partial charge in [-0.25, -0.2) is 9.59 Å². The summed E-state index contributed by atoms with van der Waals surface area (Å²) in [6, 6.07) is 9.17. The maximum absolute atomic E-state index is 11.7.